The summed E-state index contributed by atoms with van der Waals surface area (Å²) in [7, 11) is 0. The molecule has 0 spiro atoms. The van der Waals surface area contributed by atoms with Crippen LogP contribution in [0.1, 0.15) is 56.2 Å². The van der Waals surface area contributed by atoms with Crippen LogP contribution in [0.5, 0.6) is 5.75 Å². The molecule has 3 fully saturated rings. The van der Waals surface area contributed by atoms with Crippen molar-refractivity contribution in [3.63, 3.8) is 0 Å². The number of rotatable bonds is 6. The van der Waals surface area contributed by atoms with Crippen molar-refractivity contribution in [1.82, 2.24) is 14.8 Å². The lowest BCUT2D eigenvalue weighted by Crippen LogP contribution is -2.32. The third-order valence-corrected chi connectivity index (χ3v) is 5.49. The van der Waals surface area contributed by atoms with E-state index < -0.39 is 0 Å². The Morgan fingerprint density at radius 1 is 1.21 bits per heavy atom. The molecule has 5 heteroatoms. The van der Waals surface area contributed by atoms with Crippen molar-refractivity contribution in [1.29, 1.82) is 0 Å². The van der Waals surface area contributed by atoms with Gasteiger partial charge in [0.2, 0.25) is 0 Å². The molecule has 2 aromatic heterocycles. The zero-order chi connectivity index (χ0) is 16.1. The highest BCUT2D eigenvalue weighted by Gasteiger charge is 2.35. The Kier molecular flexibility index (Phi) is 3.37. The van der Waals surface area contributed by atoms with E-state index in [1.807, 2.05) is 18.3 Å². The van der Waals surface area contributed by atoms with Gasteiger partial charge < -0.3 is 10.5 Å². The minimum atomic E-state index is 0.379. The fourth-order valence-corrected chi connectivity index (χ4v) is 3.60. The van der Waals surface area contributed by atoms with Gasteiger partial charge in [0.1, 0.15) is 11.4 Å². The molecule has 126 valence electrons. The average Bonchev–Trinajstić information content (AvgIpc) is 3.47. The SMILES string of the molecule is NC[C@H]1C[C@H](n2cc(-c3ncccc3OC3CC3)c(C3CC3)n2)C1. The molecule has 0 saturated heterocycles. The van der Waals surface area contributed by atoms with Gasteiger partial charge in [-0.3, -0.25) is 9.67 Å². The maximum absolute atomic E-state index is 6.09. The lowest BCUT2D eigenvalue weighted by atomic mass is 9.80. The third-order valence-electron chi connectivity index (χ3n) is 5.49. The summed E-state index contributed by atoms with van der Waals surface area (Å²) < 4.78 is 8.27. The monoisotopic (exact) mass is 324 g/mol. The summed E-state index contributed by atoms with van der Waals surface area (Å²) in [6.45, 7) is 0.791. The van der Waals surface area contributed by atoms with Crippen molar-refractivity contribution in [3.8, 4) is 17.0 Å². The summed E-state index contributed by atoms with van der Waals surface area (Å²) >= 11 is 0. The molecule has 3 aliphatic rings. The Bertz CT molecular complexity index is 742. The summed E-state index contributed by atoms with van der Waals surface area (Å²) in [4.78, 5) is 4.65. The van der Waals surface area contributed by atoms with Gasteiger partial charge >= 0.3 is 0 Å². The molecule has 0 radical (unpaired) electrons. The molecule has 0 atom stereocenters. The molecule has 0 unspecified atom stereocenters. The quantitative estimate of drug-likeness (QED) is 0.885. The van der Waals surface area contributed by atoms with Gasteiger partial charge in [0.25, 0.3) is 0 Å². The molecule has 5 nitrogen and oxygen atoms in total. The van der Waals surface area contributed by atoms with Gasteiger partial charge in [-0.1, -0.05) is 0 Å². The molecule has 2 N–H and O–H groups in total. The van der Waals surface area contributed by atoms with E-state index in [-0.39, 0.29) is 0 Å². The number of ether oxygens (including phenoxy) is 1. The zero-order valence-corrected chi connectivity index (χ0v) is 13.9. The number of nitrogens with zero attached hydrogens (tertiary/aromatic N) is 3. The summed E-state index contributed by atoms with van der Waals surface area (Å²) in [5.74, 6) is 2.17. The van der Waals surface area contributed by atoms with E-state index in [9.17, 15) is 0 Å². The molecule has 0 bridgehead atoms. The van der Waals surface area contributed by atoms with Crippen LogP contribution in [0.15, 0.2) is 24.5 Å². The fraction of sp³-hybridized carbons (Fsp3) is 0.579. The summed E-state index contributed by atoms with van der Waals surface area (Å²) in [6, 6.07) is 4.50. The molecule has 0 aromatic carbocycles. The van der Waals surface area contributed by atoms with E-state index in [0.29, 0.717) is 24.0 Å². The molecular weight excluding hydrogens is 300 g/mol. The van der Waals surface area contributed by atoms with Crippen molar-refractivity contribution in [2.45, 2.75) is 56.6 Å². The first kappa shape index (κ1) is 14.5. The van der Waals surface area contributed by atoms with Crippen LogP contribution in [0.25, 0.3) is 11.3 Å². The first-order chi connectivity index (χ1) is 11.8. The van der Waals surface area contributed by atoms with Gasteiger partial charge in [0.15, 0.2) is 0 Å². The number of aromatic nitrogens is 3. The Balaban J connectivity index is 1.49. The van der Waals surface area contributed by atoms with Crippen LogP contribution < -0.4 is 10.5 Å². The van der Waals surface area contributed by atoms with E-state index >= 15 is 0 Å². The van der Waals surface area contributed by atoms with Crippen LogP contribution in [0.3, 0.4) is 0 Å². The average molecular weight is 324 g/mol. The van der Waals surface area contributed by atoms with Crippen molar-refractivity contribution in [2.75, 3.05) is 6.54 Å². The first-order valence-electron chi connectivity index (χ1n) is 9.23. The fourth-order valence-electron chi connectivity index (χ4n) is 3.60. The van der Waals surface area contributed by atoms with Gasteiger partial charge in [-0.05, 0) is 63.1 Å². The van der Waals surface area contributed by atoms with E-state index in [1.165, 1.54) is 24.1 Å². The van der Waals surface area contributed by atoms with Crippen LogP contribution in [0, 0.1) is 5.92 Å². The Morgan fingerprint density at radius 3 is 2.75 bits per heavy atom. The zero-order valence-electron chi connectivity index (χ0n) is 13.9. The minimum absolute atomic E-state index is 0.379. The predicted molar refractivity (Wildman–Crippen MR) is 91.9 cm³/mol. The molecule has 0 aliphatic heterocycles. The van der Waals surface area contributed by atoms with Crippen LogP contribution in [0.4, 0.5) is 0 Å². The largest absolute Gasteiger partial charge is 0.488 e. The van der Waals surface area contributed by atoms with Crippen LogP contribution in [-0.4, -0.2) is 27.4 Å². The molecule has 3 saturated carbocycles. The molecule has 24 heavy (non-hydrogen) atoms. The van der Waals surface area contributed by atoms with Gasteiger partial charge in [-0.25, -0.2) is 0 Å². The van der Waals surface area contributed by atoms with E-state index in [4.69, 9.17) is 15.6 Å². The van der Waals surface area contributed by atoms with Crippen molar-refractivity contribution in [2.24, 2.45) is 11.7 Å². The first-order valence-corrected chi connectivity index (χ1v) is 9.23. The van der Waals surface area contributed by atoms with E-state index in [0.717, 1.165) is 43.7 Å². The third kappa shape index (κ3) is 2.61. The Morgan fingerprint density at radius 2 is 2.04 bits per heavy atom. The molecule has 2 aromatic rings. The lowest BCUT2D eigenvalue weighted by molar-refractivity contribution is 0.189. The maximum atomic E-state index is 6.09. The molecule has 2 heterocycles. The van der Waals surface area contributed by atoms with Crippen molar-refractivity contribution >= 4 is 0 Å². The standard InChI is InChI=1S/C19H24N4O/c20-10-12-8-14(9-12)23-11-16(18(22-23)13-3-4-13)19-17(2-1-7-21-19)24-15-5-6-15/h1-2,7,11-15H,3-6,8-10,20H2/t12-,14-. The van der Waals surface area contributed by atoms with Gasteiger partial charge in [-0.2, -0.15) is 5.10 Å². The van der Waals surface area contributed by atoms with Gasteiger partial charge in [0.05, 0.1) is 17.8 Å². The predicted octanol–water partition coefficient (Wildman–Crippen LogP) is 3.27. The smallest absolute Gasteiger partial charge is 0.146 e. The Hall–Kier alpha value is -1.88. The van der Waals surface area contributed by atoms with E-state index in [1.54, 1.807) is 0 Å². The van der Waals surface area contributed by atoms with Crippen molar-refractivity contribution < 1.29 is 4.74 Å². The van der Waals surface area contributed by atoms with Crippen molar-refractivity contribution in [3.05, 3.63) is 30.2 Å². The number of pyridine rings is 1. The second-order valence-corrected chi connectivity index (χ2v) is 7.58. The number of hydrogen-bond donors (Lipinski definition) is 1. The Labute approximate surface area is 142 Å². The van der Waals surface area contributed by atoms with Gasteiger partial charge in [-0.15, -0.1) is 0 Å². The highest BCUT2D eigenvalue weighted by Crippen LogP contribution is 2.47. The van der Waals surface area contributed by atoms with Crippen LogP contribution in [0.2, 0.25) is 0 Å². The van der Waals surface area contributed by atoms with E-state index in [2.05, 4.69) is 15.9 Å². The highest BCUT2D eigenvalue weighted by molar-refractivity contribution is 5.69. The van der Waals surface area contributed by atoms with Crippen LogP contribution in [-0.2, 0) is 0 Å². The molecular formula is C19H24N4O. The lowest BCUT2D eigenvalue weighted by Gasteiger charge is -2.34. The normalized spacial score (nSPS) is 26.2. The maximum Gasteiger partial charge on any atom is 0.146 e. The summed E-state index contributed by atoms with van der Waals surface area (Å²) in [5, 5.41) is 4.96. The molecule has 5 rings (SSSR count). The summed E-state index contributed by atoms with van der Waals surface area (Å²) in [6.07, 6.45) is 11.5. The second-order valence-electron chi connectivity index (χ2n) is 7.58. The molecule has 0 amide bonds. The highest BCUT2D eigenvalue weighted by atomic mass is 16.5. The minimum Gasteiger partial charge on any atom is -0.488 e. The second kappa shape index (κ2) is 5.59. The van der Waals surface area contributed by atoms with Crippen LogP contribution >= 0.6 is 0 Å². The number of nitrogens with two attached hydrogens (primary N) is 1. The van der Waals surface area contributed by atoms with Gasteiger partial charge in [0, 0.05) is 23.9 Å². The topological polar surface area (TPSA) is 66.0 Å². The number of hydrogen-bond acceptors (Lipinski definition) is 4. The summed E-state index contributed by atoms with van der Waals surface area (Å²) in [5.41, 5.74) is 9.12. The molecule has 3 aliphatic carbocycles.